The van der Waals surface area contributed by atoms with Crippen LogP contribution in [0, 0.1) is 0 Å². The first-order valence-corrected chi connectivity index (χ1v) is 5.14. The molecule has 10 heteroatoms. The fraction of sp³-hybridized carbons (Fsp3) is 0.444. The Labute approximate surface area is 122 Å². The van der Waals surface area contributed by atoms with Gasteiger partial charge in [-0.2, -0.15) is 0 Å². The van der Waals surface area contributed by atoms with Crippen molar-refractivity contribution in [3.8, 4) is 0 Å². The van der Waals surface area contributed by atoms with E-state index in [1.807, 2.05) is 5.43 Å². The molecule has 1 atom stereocenters. The first-order chi connectivity index (χ1) is 8.17. The summed E-state index contributed by atoms with van der Waals surface area (Å²) >= 11 is 0. The lowest BCUT2D eigenvalue weighted by atomic mass is 10.1. The van der Waals surface area contributed by atoms with Crippen LogP contribution in [0.1, 0.15) is 12.1 Å². The Hall–Kier alpha value is -1.35. The van der Waals surface area contributed by atoms with Gasteiger partial charge in [0.2, 0.25) is 5.91 Å². The molecule has 8 nitrogen and oxygen atoms in total. The summed E-state index contributed by atoms with van der Waals surface area (Å²) < 4.78 is 0. The standard InChI is InChI=1S/C9H16N6O2.2ClH/c10-2-1-8(16)14-7(9(17)15-11)3-6-4-12-5-13-6;;/h4-5,7H,1-3,10-11H2,(H,12,13)(H,14,16)(H,15,17);2*1H/t7-;;/m0../s1. The molecule has 1 heterocycles. The lowest BCUT2D eigenvalue weighted by molar-refractivity contribution is -0.128. The number of H-pyrrole nitrogens is 1. The summed E-state index contributed by atoms with van der Waals surface area (Å²) in [6, 6.07) is -0.737. The Morgan fingerprint density at radius 3 is 2.58 bits per heavy atom. The van der Waals surface area contributed by atoms with E-state index in [4.69, 9.17) is 11.6 Å². The number of carbonyl (C=O) groups excluding carboxylic acids is 2. The van der Waals surface area contributed by atoms with Gasteiger partial charge in [0.1, 0.15) is 6.04 Å². The maximum Gasteiger partial charge on any atom is 0.256 e. The van der Waals surface area contributed by atoms with Gasteiger partial charge in [-0.25, -0.2) is 10.8 Å². The van der Waals surface area contributed by atoms with Gasteiger partial charge in [0.25, 0.3) is 5.91 Å². The quantitative estimate of drug-likeness (QED) is 0.250. The Morgan fingerprint density at radius 1 is 1.42 bits per heavy atom. The van der Waals surface area contributed by atoms with Gasteiger partial charge in [-0.15, -0.1) is 24.8 Å². The fourth-order valence-corrected chi connectivity index (χ4v) is 1.32. The normalized spacial score (nSPS) is 10.6. The van der Waals surface area contributed by atoms with Crippen molar-refractivity contribution >= 4 is 36.6 Å². The number of nitrogens with zero attached hydrogens (tertiary/aromatic N) is 1. The van der Waals surface area contributed by atoms with Gasteiger partial charge in [-0.05, 0) is 0 Å². The molecule has 0 fully saturated rings. The number of carbonyl (C=O) groups is 2. The molecule has 110 valence electrons. The number of amides is 2. The van der Waals surface area contributed by atoms with E-state index in [0.717, 1.165) is 5.69 Å². The van der Waals surface area contributed by atoms with Gasteiger partial charge in [0, 0.05) is 31.3 Å². The zero-order chi connectivity index (χ0) is 12.7. The Balaban J connectivity index is 0. The van der Waals surface area contributed by atoms with Crippen molar-refractivity contribution in [3.05, 3.63) is 18.2 Å². The highest BCUT2D eigenvalue weighted by Crippen LogP contribution is 1.99. The van der Waals surface area contributed by atoms with E-state index in [9.17, 15) is 9.59 Å². The number of hydrogen-bond acceptors (Lipinski definition) is 5. The van der Waals surface area contributed by atoms with E-state index >= 15 is 0 Å². The molecule has 1 rings (SSSR count). The first kappa shape index (κ1) is 20.0. The first-order valence-electron chi connectivity index (χ1n) is 5.14. The lowest BCUT2D eigenvalue weighted by Gasteiger charge is -2.16. The highest BCUT2D eigenvalue weighted by Gasteiger charge is 2.20. The Morgan fingerprint density at radius 2 is 2.11 bits per heavy atom. The third kappa shape index (κ3) is 6.97. The van der Waals surface area contributed by atoms with E-state index in [-0.39, 0.29) is 43.7 Å². The molecule has 0 aliphatic carbocycles. The minimum Gasteiger partial charge on any atom is -0.348 e. The van der Waals surface area contributed by atoms with Crippen molar-refractivity contribution in [2.24, 2.45) is 11.6 Å². The Kier molecular flexibility index (Phi) is 11.1. The van der Waals surface area contributed by atoms with Crippen molar-refractivity contribution in [1.82, 2.24) is 20.7 Å². The summed E-state index contributed by atoms with van der Waals surface area (Å²) in [7, 11) is 0. The second kappa shape index (κ2) is 10.6. The lowest BCUT2D eigenvalue weighted by Crippen LogP contribution is -2.50. The maximum atomic E-state index is 11.5. The van der Waals surface area contributed by atoms with Crippen LogP contribution in [-0.4, -0.2) is 34.4 Å². The number of aromatic amines is 1. The van der Waals surface area contributed by atoms with Crippen molar-refractivity contribution in [2.45, 2.75) is 18.9 Å². The molecular weight excluding hydrogens is 295 g/mol. The predicted octanol–water partition coefficient (Wildman–Crippen LogP) is -1.38. The number of nitrogens with one attached hydrogen (secondary N) is 3. The second-order valence-corrected chi connectivity index (χ2v) is 3.45. The van der Waals surface area contributed by atoms with Gasteiger partial charge >= 0.3 is 0 Å². The average molecular weight is 313 g/mol. The van der Waals surface area contributed by atoms with Crippen LogP contribution >= 0.6 is 24.8 Å². The van der Waals surface area contributed by atoms with Crippen LogP contribution in [0.4, 0.5) is 0 Å². The van der Waals surface area contributed by atoms with Crippen molar-refractivity contribution < 1.29 is 9.59 Å². The molecule has 19 heavy (non-hydrogen) atoms. The number of hydrogen-bond donors (Lipinski definition) is 5. The van der Waals surface area contributed by atoms with Crippen LogP contribution < -0.4 is 22.3 Å². The van der Waals surface area contributed by atoms with Crippen LogP contribution in [-0.2, 0) is 16.0 Å². The van der Waals surface area contributed by atoms with Crippen molar-refractivity contribution in [1.29, 1.82) is 0 Å². The minimum atomic E-state index is -0.737. The van der Waals surface area contributed by atoms with Crippen molar-refractivity contribution in [3.63, 3.8) is 0 Å². The zero-order valence-corrected chi connectivity index (χ0v) is 11.7. The minimum absolute atomic E-state index is 0. The maximum absolute atomic E-state index is 11.5. The highest BCUT2D eigenvalue weighted by atomic mass is 35.5. The molecule has 0 aromatic carbocycles. The number of rotatable bonds is 6. The third-order valence-electron chi connectivity index (χ3n) is 2.14. The van der Waals surface area contributed by atoms with E-state index in [1.54, 1.807) is 6.20 Å². The molecule has 0 aliphatic heterocycles. The van der Waals surface area contributed by atoms with Gasteiger partial charge in [-0.3, -0.25) is 15.0 Å². The molecule has 0 spiro atoms. The zero-order valence-electron chi connectivity index (χ0n) is 10.1. The number of imidazole rings is 1. The van der Waals surface area contributed by atoms with Crippen LogP contribution in [0.25, 0.3) is 0 Å². The van der Waals surface area contributed by atoms with Gasteiger partial charge < -0.3 is 16.0 Å². The van der Waals surface area contributed by atoms with Gasteiger partial charge in [0.15, 0.2) is 0 Å². The molecule has 0 saturated carbocycles. The number of nitrogens with two attached hydrogens (primary N) is 2. The summed E-state index contributed by atoms with van der Waals surface area (Å²) in [5.74, 6) is 4.29. The number of halogens is 2. The number of aromatic nitrogens is 2. The molecule has 1 aromatic rings. The van der Waals surface area contributed by atoms with Gasteiger partial charge in [0.05, 0.1) is 6.33 Å². The molecule has 1 aromatic heterocycles. The Bertz CT molecular complexity index is 373. The summed E-state index contributed by atoms with van der Waals surface area (Å²) in [6.45, 7) is 0.229. The topological polar surface area (TPSA) is 139 Å². The molecule has 0 saturated heterocycles. The SMILES string of the molecule is Cl.Cl.NCCC(=O)N[C@@H](Cc1cnc[nH]1)C(=O)NN. The van der Waals surface area contributed by atoms with Crippen LogP contribution in [0.2, 0.25) is 0 Å². The van der Waals surface area contributed by atoms with E-state index in [1.165, 1.54) is 6.33 Å². The molecule has 0 aliphatic rings. The molecule has 7 N–H and O–H groups in total. The summed E-state index contributed by atoms with van der Waals surface area (Å²) in [5.41, 5.74) is 7.98. The molecule has 2 amide bonds. The van der Waals surface area contributed by atoms with E-state index < -0.39 is 11.9 Å². The largest absolute Gasteiger partial charge is 0.348 e. The van der Waals surface area contributed by atoms with Crippen LogP contribution in [0.15, 0.2) is 12.5 Å². The number of hydrazine groups is 1. The summed E-state index contributed by atoms with van der Waals surface area (Å²) in [4.78, 5) is 29.5. The second-order valence-electron chi connectivity index (χ2n) is 3.45. The van der Waals surface area contributed by atoms with E-state index in [2.05, 4.69) is 15.3 Å². The van der Waals surface area contributed by atoms with Crippen molar-refractivity contribution in [2.75, 3.05) is 6.54 Å². The molecule has 0 bridgehead atoms. The summed E-state index contributed by atoms with van der Waals surface area (Å²) in [6.07, 6.45) is 3.52. The third-order valence-corrected chi connectivity index (χ3v) is 2.14. The molecule has 0 radical (unpaired) electrons. The van der Waals surface area contributed by atoms with E-state index in [0.29, 0.717) is 6.42 Å². The average Bonchev–Trinajstić information content (AvgIpc) is 2.80. The predicted molar refractivity (Wildman–Crippen MR) is 74.7 cm³/mol. The van der Waals surface area contributed by atoms with Gasteiger partial charge in [-0.1, -0.05) is 0 Å². The smallest absolute Gasteiger partial charge is 0.256 e. The van der Waals surface area contributed by atoms with Crippen LogP contribution in [0.5, 0.6) is 0 Å². The molecule has 0 unspecified atom stereocenters. The highest BCUT2D eigenvalue weighted by molar-refractivity contribution is 5.87. The fourth-order valence-electron chi connectivity index (χ4n) is 1.32. The monoisotopic (exact) mass is 312 g/mol. The molecular formula is C9H18Cl2N6O2. The summed E-state index contributed by atoms with van der Waals surface area (Å²) in [5, 5.41) is 2.55. The van der Waals surface area contributed by atoms with Crippen LogP contribution in [0.3, 0.4) is 0 Å².